The van der Waals surface area contributed by atoms with E-state index in [2.05, 4.69) is 39.7 Å². The van der Waals surface area contributed by atoms with E-state index >= 15 is 0 Å². The summed E-state index contributed by atoms with van der Waals surface area (Å²) in [5.74, 6) is 6.93. The van der Waals surface area contributed by atoms with Crippen LogP contribution in [0.1, 0.15) is 22.4 Å². The first kappa shape index (κ1) is 16.3. The van der Waals surface area contributed by atoms with E-state index in [-0.39, 0.29) is 0 Å². The van der Waals surface area contributed by atoms with Crippen molar-refractivity contribution in [2.45, 2.75) is 13.5 Å². The molecule has 0 saturated heterocycles. The maximum Gasteiger partial charge on any atom is 0.155 e. The van der Waals surface area contributed by atoms with E-state index < -0.39 is 0 Å². The minimum absolute atomic E-state index is 0.465. The third-order valence-corrected chi connectivity index (χ3v) is 4.26. The summed E-state index contributed by atoms with van der Waals surface area (Å²) in [5, 5.41) is 0. The van der Waals surface area contributed by atoms with Gasteiger partial charge >= 0.3 is 0 Å². The summed E-state index contributed by atoms with van der Waals surface area (Å²) in [6, 6.07) is 19.9. The highest BCUT2D eigenvalue weighted by Gasteiger charge is 2.04. The van der Waals surface area contributed by atoms with Gasteiger partial charge in [-0.3, -0.25) is 0 Å². The molecule has 0 fully saturated rings. The van der Waals surface area contributed by atoms with Crippen LogP contribution in [0.4, 0.5) is 0 Å². The Labute approximate surface area is 150 Å². The Morgan fingerprint density at radius 2 is 1.75 bits per heavy atom. The molecule has 118 valence electrons. The number of pyridine rings is 1. The number of hydrogen-bond donors (Lipinski definition) is 0. The molecular formula is C21H16BrNO. The fourth-order valence-corrected chi connectivity index (χ4v) is 2.54. The fraction of sp³-hybridized carbons (Fsp3) is 0.0952. The van der Waals surface area contributed by atoms with Crippen LogP contribution in [0.2, 0.25) is 0 Å². The average molecular weight is 378 g/mol. The third-order valence-electron chi connectivity index (χ3n) is 3.49. The highest BCUT2D eigenvalue weighted by Crippen LogP contribution is 2.20. The number of aromatic nitrogens is 1. The number of hydrogen-bond acceptors (Lipinski definition) is 2. The van der Waals surface area contributed by atoms with Crippen LogP contribution in [0.25, 0.3) is 0 Å². The molecule has 2 nitrogen and oxygen atoms in total. The van der Waals surface area contributed by atoms with Gasteiger partial charge in [-0.25, -0.2) is 4.98 Å². The second kappa shape index (κ2) is 7.81. The summed E-state index contributed by atoms with van der Waals surface area (Å²) in [6.45, 7) is 2.52. The summed E-state index contributed by atoms with van der Waals surface area (Å²) < 4.78 is 6.95. The van der Waals surface area contributed by atoms with Crippen molar-refractivity contribution in [1.82, 2.24) is 4.98 Å². The topological polar surface area (TPSA) is 22.1 Å². The largest absolute Gasteiger partial charge is 0.486 e. The number of ether oxygens (including phenoxy) is 1. The molecule has 0 atom stereocenters. The maximum atomic E-state index is 5.92. The van der Waals surface area contributed by atoms with E-state index in [9.17, 15) is 0 Å². The van der Waals surface area contributed by atoms with Gasteiger partial charge in [-0.1, -0.05) is 57.7 Å². The van der Waals surface area contributed by atoms with Crippen molar-refractivity contribution in [3.05, 3.63) is 93.7 Å². The summed E-state index contributed by atoms with van der Waals surface area (Å²) in [5.41, 5.74) is 3.91. The fourth-order valence-electron chi connectivity index (χ4n) is 2.14. The molecule has 1 aromatic heterocycles. The molecule has 0 N–H and O–H groups in total. The van der Waals surface area contributed by atoms with Crippen LogP contribution in [-0.4, -0.2) is 4.98 Å². The molecule has 3 heteroatoms. The average Bonchev–Trinajstić information content (AvgIpc) is 2.61. The van der Waals surface area contributed by atoms with Crippen LogP contribution >= 0.6 is 15.9 Å². The monoisotopic (exact) mass is 377 g/mol. The van der Waals surface area contributed by atoms with Crippen LogP contribution < -0.4 is 4.74 Å². The van der Waals surface area contributed by atoms with Gasteiger partial charge in [0.2, 0.25) is 0 Å². The Hall–Kier alpha value is -2.57. The summed E-state index contributed by atoms with van der Waals surface area (Å²) in [6.07, 6.45) is 1.73. The molecule has 2 aromatic carbocycles. The van der Waals surface area contributed by atoms with E-state index in [4.69, 9.17) is 4.74 Å². The summed E-state index contributed by atoms with van der Waals surface area (Å²) in [4.78, 5) is 4.34. The summed E-state index contributed by atoms with van der Waals surface area (Å²) >= 11 is 3.53. The van der Waals surface area contributed by atoms with Crippen molar-refractivity contribution in [2.75, 3.05) is 0 Å². The SMILES string of the molecule is Cc1ccc(C#Cc2ncccc2OCc2ccccc2Br)cc1. The smallest absolute Gasteiger partial charge is 0.155 e. The minimum atomic E-state index is 0.465. The normalized spacial score (nSPS) is 9.92. The Bertz CT molecular complexity index is 891. The van der Waals surface area contributed by atoms with Crippen molar-refractivity contribution in [3.63, 3.8) is 0 Å². The van der Waals surface area contributed by atoms with E-state index in [0.29, 0.717) is 18.1 Å². The molecule has 0 aliphatic carbocycles. The molecule has 0 radical (unpaired) electrons. The van der Waals surface area contributed by atoms with Gasteiger partial charge in [0.25, 0.3) is 0 Å². The number of aryl methyl sites for hydroxylation is 1. The first-order chi connectivity index (χ1) is 11.7. The molecule has 3 rings (SSSR count). The van der Waals surface area contributed by atoms with Crippen LogP contribution in [0.5, 0.6) is 5.75 Å². The van der Waals surface area contributed by atoms with Gasteiger partial charge < -0.3 is 4.74 Å². The first-order valence-electron chi connectivity index (χ1n) is 7.62. The minimum Gasteiger partial charge on any atom is -0.486 e. The van der Waals surface area contributed by atoms with Gasteiger partial charge in [0, 0.05) is 21.8 Å². The maximum absolute atomic E-state index is 5.92. The van der Waals surface area contributed by atoms with E-state index in [1.54, 1.807) is 6.20 Å². The van der Waals surface area contributed by atoms with Crippen molar-refractivity contribution in [1.29, 1.82) is 0 Å². The molecule has 0 spiro atoms. The first-order valence-corrected chi connectivity index (χ1v) is 8.41. The Morgan fingerprint density at radius 3 is 2.54 bits per heavy atom. The number of nitrogens with zero attached hydrogens (tertiary/aromatic N) is 1. The van der Waals surface area contributed by atoms with Gasteiger partial charge in [-0.15, -0.1) is 0 Å². The lowest BCUT2D eigenvalue weighted by molar-refractivity contribution is 0.303. The van der Waals surface area contributed by atoms with Crippen molar-refractivity contribution >= 4 is 15.9 Å². The van der Waals surface area contributed by atoms with Crippen molar-refractivity contribution in [3.8, 4) is 17.6 Å². The third kappa shape index (κ3) is 4.24. The molecule has 1 heterocycles. The molecule has 0 amide bonds. The van der Waals surface area contributed by atoms with Crippen LogP contribution in [0, 0.1) is 18.8 Å². The van der Waals surface area contributed by atoms with Crippen molar-refractivity contribution in [2.24, 2.45) is 0 Å². The second-order valence-corrected chi connectivity index (χ2v) is 6.20. The van der Waals surface area contributed by atoms with Gasteiger partial charge in [0.15, 0.2) is 11.4 Å². The van der Waals surface area contributed by atoms with Crippen molar-refractivity contribution < 1.29 is 4.74 Å². The predicted octanol–water partition coefficient (Wildman–Crippen LogP) is 5.13. The quantitative estimate of drug-likeness (QED) is 0.590. The molecule has 3 aromatic rings. The lowest BCUT2D eigenvalue weighted by Crippen LogP contribution is -1.99. The Balaban J connectivity index is 1.79. The molecular weight excluding hydrogens is 362 g/mol. The van der Waals surface area contributed by atoms with Gasteiger partial charge in [0.1, 0.15) is 6.61 Å². The Morgan fingerprint density at radius 1 is 0.958 bits per heavy atom. The van der Waals surface area contributed by atoms with Gasteiger partial charge in [0.05, 0.1) is 0 Å². The number of halogens is 1. The molecule has 0 saturated carbocycles. The summed E-state index contributed by atoms with van der Waals surface area (Å²) in [7, 11) is 0. The highest BCUT2D eigenvalue weighted by atomic mass is 79.9. The lowest BCUT2D eigenvalue weighted by atomic mass is 10.1. The predicted molar refractivity (Wildman–Crippen MR) is 99.9 cm³/mol. The number of rotatable bonds is 3. The molecule has 24 heavy (non-hydrogen) atoms. The van der Waals surface area contributed by atoms with E-state index in [1.165, 1.54) is 5.56 Å². The van der Waals surface area contributed by atoms with E-state index in [0.717, 1.165) is 15.6 Å². The molecule has 0 aliphatic heterocycles. The van der Waals surface area contributed by atoms with E-state index in [1.807, 2.05) is 60.7 Å². The van der Waals surface area contributed by atoms with Gasteiger partial charge in [-0.05, 0) is 43.2 Å². The molecule has 0 unspecified atom stereocenters. The standard InChI is InChI=1S/C21H16BrNO/c1-16-8-10-17(11-9-16)12-13-20-21(7-4-14-23-20)24-15-18-5-2-3-6-19(18)22/h2-11,14H,15H2,1H3. The van der Waals surface area contributed by atoms with Crippen LogP contribution in [-0.2, 0) is 6.61 Å². The zero-order valence-corrected chi connectivity index (χ0v) is 14.9. The number of benzene rings is 2. The molecule has 0 bridgehead atoms. The zero-order valence-electron chi connectivity index (χ0n) is 13.3. The lowest BCUT2D eigenvalue weighted by Gasteiger charge is -2.08. The van der Waals surface area contributed by atoms with Crippen LogP contribution in [0.3, 0.4) is 0 Å². The zero-order chi connectivity index (χ0) is 16.8. The Kier molecular flexibility index (Phi) is 5.30. The highest BCUT2D eigenvalue weighted by molar-refractivity contribution is 9.10. The molecule has 0 aliphatic rings. The van der Waals surface area contributed by atoms with Gasteiger partial charge in [-0.2, -0.15) is 0 Å². The second-order valence-electron chi connectivity index (χ2n) is 5.35. The van der Waals surface area contributed by atoms with Crippen LogP contribution in [0.15, 0.2) is 71.3 Å².